The number of thioether (sulfide) groups is 1. The highest BCUT2D eigenvalue weighted by Crippen LogP contribution is 2.39. The van der Waals surface area contributed by atoms with Gasteiger partial charge in [0.2, 0.25) is 0 Å². The average Bonchev–Trinajstić information content (AvgIpc) is 3.26. The molecule has 0 radical (unpaired) electrons. The van der Waals surface area contributed by atoms with Crippen LogP contribution in [0.4, 0.5) is 10.1 Å². The first-order valence-electron chi connectivity index (χ1n) is 6.70. The number of nitro benzene ring substituents is 1. The highest BCUT2D eigenvalue weighted by molar-refractivity contribution is 7.98. The standard InChI is InChI=1S/C13H13FN4O3S/c14-11-5-10(18(20)21)2-1-8(11)7-22-13-16-15-12(6-19)17(13)9-3-4-9/h1-2,5,9,19H,3-4,6-7H2. The molecule has 1 N–H and O–H groups in total. The van der Waals surface area contributed by atoms with E-state index in [4.69, 9.17) is 0 Å². The van der Waals surface area contributed by atoms with Gasteiger partial charge in [0, 0.05) is 17.9 Å². The van der Waals surface area contributed by atoms with Crippen LogP contribution in [0.15, 0.2) is 23.4 Å². The Morgan fingerprint density at radius 2 is 2.23 bits per heavy atom. The SMILES string of the molecule is O=[N+]([O-])c1ccc(CSc2nnc(CO)n2C2CC2)c(F)c1. The van der Waals surface area contributed by atoms with Crippen LogP contribution in [0.25, 0.3) is 0 Å². The lowest BCUT2D eigenvalue weighted by Crippen LogP contribution is -2.03. The normalized spacial score (nSPS) is 14.3. The van der Waals surface area contributed by atoms with Crippen molar-refractivity contribution in [1.82, 2.24) is 14.8 Å². The molecule has 0 amide bonds. The Labute approximate surface area is 129 Å². The van der Waals surface area contributed by atoms with E-state index < -0.39 is 10.7 Å². The minimum atomic E-state index is -0.628. The van der Waals surface area contributed by atoms with Crippen molar-refractivity contribution in [2.75, 3.05) is 0 Å². The molecule has 0 saturated heterocycles. The van der Waals surface area contributed by atoms with Gasteiger partial charge < -0.3 is 9.67 Å². The number of non-ortho nitro benzene ring substituents is 1. The zero-order chi connectivity index (χ0) is 15.7. The number of hydrogen-bond acceptors (Lipinski definition) is 6. The van der Waals surface area contributed by atoms with Crippen molar-refractivity contribution in [2.45, 2.75) is 36.4 Å². The van der Waals surface area contributed by atoms with Gasteiger partial charge in [-0.05, 0) is 24.5 Å². The summed E-state index contributed by atoms with van der Waals surface area (Å²) in [6, 6.07) is 3.91. The third-order valence-corrected chi connectivity index (χ3v) is 4.38. The predicted octanol–water partition coefficient (Wildman–Crippen LogP) is 2.44. The Morgan fingerprint density at radius 1 is 1.45 bits per heavy atom. The van der Waals surface area contributed by atoms with Crippen molar-refractivity contribution in [3.8, 4) is 0 Å². The van der Waals surface area contributed by atoms with E-state index in [2.05, 4.69) is 10.2 Å². The molecule has 1 aliphatic rings. The van der Waals surface area contributed by atoms with E-state index >= 15 is 0 Å². The number of rotatable bonds is 6. The maximum Gasteiger partial charge on any atom is 0.272 e. The van der Waals surface area contributed by atoms with E-state index in [9.17, 15) is 19.6 Å². The number of halogens is 1. The molecule has 1 aliphatic carbocycles. The Balaban J connectivity index is 1.75. The van der Waals surface area contributed by atoms with Gasteiger partial charge in [-0.3, -0.25) is 10.1 Å². The summed E-state index contributed by atoms with van der Waals surface area (Å²) in [7, 11) is 0. The van der Waals surface area contributed by atoms with E-state index in [-0.39, 0.29) is 12.3 Å². The maximum atomic E-state index is 13.9. The van der Waals surface area contributed by atoms with Crippen molar-refractivity contribution < 1.29 is 14.4 Å². The lowest BCUT2D eigenvalue weighted by atomic mass is 10.2. The molecule has 0 aliphatic heterocycles. The number of aromatic nitrogens is 3. The van der Waals surface area contributed by atoms with Gasteiger partial charge in [-0.2, -0.15) is 0 Å². The lowest BCUT2D eigenvalue weighted by Gasteiger charge is -2.07. The van der Waals surface area contributed by atoms with Gasteiger partial charge in [0.15, 0.2) is 11.0 Å². The topological polar surface area (TPSA) is 94.1 Å². The summed E-state index contributed by atoms with van der Waals surface area (Å²) in [5, 5.41) is 28.4. The first-order valence-corrected chi connectivity index (χ1v) is 7.69. The van der Waals surface area contributed by atoms with E-state index in [1.54, 1.807) is 0 Å². The third-order valence-electron chi connectivity index (χ3n) is 3.39. The van der Waals surface area contributed by atoms with Crippen LogP contribution in [0.3, 0.4) is 0 Å². The number of hydrogen-bond donors (Lipinski definition) is 1. The van der Waals surface area contributed by atoms with Crippen molar-refractivity contribution >= 4 is 17.4 Å². The maximum absolute atomic E-state index is 13.9. The van der Waals surface area contributed by atoms with Crippen LogP contribution < -0.4 is 0 Å². The molecule has 116 valence electrons. The molecule has 0 bridgehead atoms. The number of nitro groups is 1. The first-order chi connectivity index (χ1) is 10.6. The molecule has 1 saturated carbocycles. The van der Waals surface area contributed by atoms with Crippen molar-refractivity contribution in [2.24, 2.45) is 0 Å². The summed E-state index contributed by atoms with van der Waals surface area (Å²) in [5.41, 5.74) is 0.0986. The predicted molar refractivity (Wildman–Crippen MR) is 76.8 cm³/mol. The fourth-order valence-electron chi connectivity index (χ4n) is 2.12. The first kappa shape index (κ1) is 14.9. The van der Waals surface area contributed by atoms with Crippen molar-refractivity contribution in [3.05, 3.63) is 45.5 Å². The van der Waals surface area contributed by atoms with Gasteiger partial charge in [-0.1, -0.05) is 11.8 Å². The van der Waals surface area contributed by atoms with Gasteiger partial charge in [0.1, 0.15) is 12.4 Å². The van der Waals surface area contributed by atoms with Crippen LogP contribution in [-0.4, -0.2) is 24.8 Å². The zero-order valence-corrected chi connectivity index (χ0v) is 12.3. The van der Waals surface area contributed by atoms with Gasteiger partial charge in [0.25, 0.3) is 5.69 Å². The number of aliphatic hydroxyl groups excluding tert-OH is 1. The molecule has 1 aromatic carbocycles. The van der Waals surface area contributed by atoms with Crippen LogP contribution in [-0.2, 0) is 12.4 Å². The van der Waals surface area contributed by atoms with Gasteiger partial charge in [0.05, 0.1) is 11.0 Å². The molecule has 2 aromatic rings. The zero-order valence-electron chi connectivity index (χ0n) is 11.5. The Morgan fingerprint density at radius 3 is 2.82 bits per heavy atom. The minimum absolute atomic E-state index is 0.185. The van der Waals surface area contributed by atoms with Crippen LogP contribution >= 0.6 is 11.8 Å². The Hall–Kier alpha value is -2.00. The fourth-order valence-corrected chi connectivity index (χ4v) is 3.13. The second-order valence-electron chi connectivity index (χ2n) is 4.98. The molecule has 9 heteroatoms. The van der Waals surface area contributed by atoms with Crippen LogP contribution in [0, 0.1) is 15.9 Å². The van der Waals surface area contributed by atoms with Crippen molar-refractivity contribution in [1.29, 1.82) is 0 Å². The molecular formula is C13H13FN4O3S. The quantitative estimate of drug-likeness (QED) is 0.498. The molecular weight excluding hydrogens is 311 g/mol. The lowest BCUT2D eigenvalue weighted by molar-refractivity contribution is -0.385. The fraction of sp³-hybridized carbons (Fsp3) is 0.385. The summed E-state index contributed by atoms with van der Waals surface area (Å²) < 4.78 is 15.7. The molecule has 7 nitrogen and oxygen atoms in total. The van der Waals surface area contributed by atoms with Crippen LogP contribution in [0.1, 0.15) is 30.3 Å². The van der Waals surface area contributed by atoms with E-state index in [0.717, 1.165) is 18.9 Å². The number of benzene rings is 1. The van der Waals surface area contributed by atoms with Gasteiger partial charge >= 0.3 is 0 Å². The molecule has 0 spiro atoms. The van der Waals surface area contributed by atoms with Crippen LogP contribution in [0.2, 0.25) is 0 Å². The molecule has 1 aromatic heterocycles. The highest BCUT2D eigenvalue weighted by Gasteiger charge is 2.29. The summed E-state index contributed by atoms with van der Waals surface area (Å²) >= 11 is 1.30. The molecule has 0 atom stereocenters. The summed E-state index contributed by atoms with van der Waals surface area (Å²) in [5.74, 6) is 0.191. The van der Waals surface area contributed by atoms with Gasteiger partial charge in [-0.25, -0.2) is 4.39 Å². The summed E-state index contributed by atoms with van der Waals surface area (Å²) in [6.07, 6.45) is 2.04. The average molecular weight is 324 g/mol. The summed E-state index contributed by atoms with van der Waals surface area (Å²) in [4.78, 5) is 9.97. The largest absolute Gasteiger partial charge is 0.388 e. The molecule has 3 rings (SSSR count). The molecule has 1 fully saturated rings. The smallest absolute Gasteiger partial charge is 0.272 e. The third kappa shape index (κ3) is 2.95. The van der Waals surface area contributed by atoms with E-state index in [1.807, 2.05) is 4.57 Å². The van der Waals surface area contributed by atoms with Crippen molar-refractivity contribution in [3.63, 3.8) is 0 Å². The van der Waals surface area contributed by atoms with Crippen LogP contribution in [0.5, 0.6) is 0 Å². The van der Waals surface area contributed by atoms with E-state index in [1.165, 1.54) is 23.9 Å². The number of aliphatic hydroxyl groups is 1. The molecule has 1 heterocycles. The summed E-state index contributed by atoms with van der Waals surface area (Å²) in [6.45, 7) is -0.185. The Bertz CT molecular complexity index is 717. The van der Waals surface area contributed by atoms with Gasteiger partial charge in [-0.15, -0.1) is 10.2 Å². The second-order valence-corrected chi connectivity index (χ2v) is 5.92. The number of nitrogens with zero attached hydrogens (tertiary/aromatic N) is 4. The highest BCUT2D eigenvalue weighted by atomic mass is 32.2. The Kier molecular flexibility index (Phi) is 4.08. The molecule has 22 heavy (non-hydrogen) atoms. The monoisotopic (exact) mass is 324 g/mol. The van der Waals surface area contributed by atoms with E-state index in [0.29, 0.717) is 28.3 Å². The second kappa shape index (κ2) is 6.01. The minimum Gasteiger partial charge on any atom is -0.388 e. The molecule has 0 unspecified atom stereocenters.